The van der Waals surface area contributed by atoms with Crippen LogP contribution >= 0.6 is 23.2 Å². The van der Waals surface area contributed by atoms with Gasteiger partial charge in [0.1, 0.15) is 12.4 Å². The Balaban J connectivity index is 2.05. The molecule has 3 heterocycles. The molecule has 27 heavy (non-hydrogen) atoms. The van der Waals surface area contributed by atoms with Gasteiger partial charge < -0.3 is 19.3 Å². The number of aliphatic hydroxyl groups excluding tert-OH is 1. The van der Waals surface area contributed by atoms with E-state index >= 15 is 0 Å². The normalized spacial score (nSPS) is 13.9. The Labute approximate surface area is 165 Å². The molecular weight excluding hydrogens is 391 g/mol. The number of hydrogen-bond acceptors (Lipinski definition) is 4. The fourth-order valence-electron chi connectivity index (χ4n) is 3.67. The van der Waals surface area contributed by atoms with Crippen LogP contribution in [0.15, 0.2) is 18.5 Å². The van der Waals surface area contributed by atoms with Crippen molar-refractivity contribution >= 4 is 40.0 Å². The number of fused-ring (bicyclic) bond motifs is 3. The minimum absolute atomic E-state index is 0.307. The van der Waals surface area contributed by atoms with Crippen molar-refractivity contribution in [1.29, 1.82) is 0 Å². The fraction of sp³-hybridized carbons (Fsp3) is 0.333. The molecule has 0 spiro atoms. The Bertz CT molecular complexity index is 1010. The number of ether oxygens (including phenoxy) is 1. The molecule has 7 nitrogen and oxygen atoms in total. The first-order valence-electron chi connectivity index (χ1n) is 8.60. The van der Waals surface area contributed by atoms with E-state index in [4.69, 9.17) is 27.9 Å². The topological polar surface area (TPSA) is 83.4 Å². The van der Waals surface area contributed by atoms with E-state index in [9.17, 15) is 9.90 Å². The monoisotopic (exact) mass is 408 g/mol. The van der Waals surface area contributed by atoms with Gasteiger partial charge in [-0.15, -0.1) is 0 Å². The highest BCUT2D eigenvalue weighted by Crippen LogP contribution is 2.46. The van der Waals surface area contributed by atoms with E-state index in [2.05, 4.69) is 14.8 Å². The molecule has 0 radical (unpaired) electrons. The largest absolute Gasteiger partial charge is 0.493 e. The molecular formula is C18H18Cl2N4O3. The van der Waals surface area contributed by atoms with Crippen molar-refractivity contribution in [1.82, 2.24) is 19.7 Å². The molecule has 0 bridgehead atoms. The van der Waals surface area contributed by atoms with Crippen LogP contribution in [0.4, 0.5) is 0 Å². The van der Waals surface area contributed by atoms with Gasteiger partial charge in [-0.05, 0) is 6.92 Å². The van der Waals surface area contributed by atoms with Crippen LogP contribution in [0.3, 0.4) is 0 Å². The number of H-pyrrole nitrogens is 1. The molecule has 0 saturated heterocycles. The maximum atomic E-state index is 12.1. The van der Waals surface area contributed by atoms with Gasteiger partial charge in [0, 0.05) is 42.2 Å². The van der Waals surface area contributed by atoms with Gasteiger partial charge in [-0.2, -0.15) is 5.10 Å². The van der Waals surface area contributed by atoms with Crippen LogP contribution in [0.25, 0.3) is 22.0 Å². The lowest BCUT2D eigenvalue weighted by molar-refractivity contribution is -0.135. The van der Waals surface area contributed by atoms with E-state index in [1.165, 1.54) is 0 Å². The number of halogens is 2. The summed E-state index contributed by atoms with van der Waals surface area (Å²) in [5.41, 5.74) is 3.46. The summed E-state index contributed by atoms with van der Waals surface area (Å²) in [4.78, 5) is 13.7. The lowest BCUT2D eigenvalue weighted by atomic mass is 10.0. The third-order valence-electron chi connectivity index (χ3n) is 4.80. The van der Waals surface area contributed by atoms with Gasteiger partial charge in [0.2, 0.25) is 5.91 Å². The Morgan fingerprint density at radius 1 is 1.41 bits per heavy atom. The highest BCUT2D eigenvalue weighted by atomic mass is 35.5. The highest BCUT2D eigenvalue weighted by molar-refractivity contribution is 6.45. The van der Waals surface area contributed by atoms with Crippen LogP contribution in [-0.4, -0.2) is 50.4 Å². The van der Waals surface area contributed by atoms with Crippen LogP contribution in [0.5, 0.6) is 5.75 Å². The molecule has 9 heteroatoms. The Hall–Kier alpha value is -2.22. The van der Waals surface area contributed by atoms with Crippen LogP contribution in [0.2, 0.25) is 10.0 Å². The lowest BCUT2D eigenvalue weighted by Gasteiger charge is -2.29. The number of aliphatic hydroxyl groups is 1. The Morgan fingerprint density at radius 2 is 2.22 bits per heavy atom. The van der Waals surface area contributed by atoms with Crippen molar-refractivity contribution in [2.75, 3.05) is 19.8 Å². The van der Waals surface area contributed by atoms with E-state index in [-0.39, 0.29) is 5.91 Å². The average Bonchev–Trinajstić information content (AvgIpc) is 3.30. The zero-order valence-electron chi connectivity index (χ0n) is 14.6. The summed E-state index contributed by atoms with van der Waals surface area (Å²) < 4.78 is 7.94. The number of nitrogens with zero attached hydrogens (tertiary/aromatic N) is 3. The molecule has 2 N–H and O–H groups in total. The minimum Gasteiger partial charge on any atom is -0.493 e. The summed E-state index contributed by atoms with van der Waals surface area (Å²) >= 11 is 12.9. The van der Waals surface area contributed by atoms with Crippen molar-refractivity contribution in [2.45, 2.75) is 20.0 Å². The molecule has 1 aliphatic heterocycles. The summed E-state index contributed by atoms with van der Waals surface area (Å²) in [6.45, 7) is 3.25. The number of amides is 1. The van der Waals surface area contributed by atoms with Crippen molar-refractivity contribution < 1.29 is 14.6 Å². The second kappa shape index (κ2) is 7.07. The molecule has 0 fully saturated rings. The quantitative estimate of drug-likeness (QED) is 0.694. The van der Waals surface area contributed by atoms with Gasteiger partial charge in [-0.3, -0.25) is 9.89 Å². The second-order valence-electron chi connectivity index (χ2n) is 6.26. The molecule has 1 aliphatic rings. The van der Waals surface area contributed by atoms with Crippen LogP contribution in [0, 0.1) is 0 Å². The van der Waals surface area contributed by atoms with Crippen molar-refractivity contribution in [2.24, 2.45) is 0 Å². The summed E-state index contributed by atoms with van der Waals surface area (Å²) in [7, 11) is 0. The van der Waals surface area contributed by atoms with Gasteiger partial charge in [0.25, 0.3) is 0 Å². The molecule has 0 unspecified atom stereocenters. The zero-order chi connectivity index (χ0) is 19.1. The average molecular weight is 409 g/mol. The number of rotatable bonds is 4. The first-order valence-corrected chi connectivity index (χ1v) is 9.36. The molecule has 0 saturated carbocycles. The Morgan fingerprint density at radius 3 is 2.89 bits per heavy atom. The fourth-order valence-corrected chi connectivity index (χ4v) is 4.11. The standard InChI is InChI=1S/C18H18Cl2N4O3/c1-2-27-13-5-11(19)17(20)18-16(13)15(10-6-21-22-7-10)12-8-23(14(26)9-25)3-4-24(12)18/h5-7,25H,2-4,8-9H2,1H3,(H,21,22). The van der Waals surface area contributed by atoms with Crippen molar-refractivity contribution in [3.63, 3.8) is 0 Å². The molecule has 142 valence electrons. The number of carbonyl (C=O) groups excluding carboxylic acids is 1. The van der Waals surface area contributed by atoms with Crippen molar-refractivity contribution in [3.8, 4) is 16.9 Å². The molecule has 2 aromatic heterocycles. The van der Waals surface area contributed by atoms with Gasteiger partial charge in [-0.1, -0.05) is 23.2 Å². The number of nitrogens with one attached hydrogen (secondary N) is 1. The van der Waals surface area contributed by atoms with E-state index in [0.29, 0.717) is 42.0 Å². The molecule has 4 rings (SSSR count). The molecule has 1 aromatic carbocycles. The predicted octanol–water partition coefficient (Wildman–Crippen LogP) is 3.07. The summed E-state index contributed by atoms with van der Waals surface area (Å²) in [5.74, 6) is 0.332. The lowest BCUT2D eigenvalue weighted by Crippen LogP contribution is -2.39. The third-order valence-corrected chi connectivity index (χ3v) is 5.58. The van der Waals surface area contributed by atoms with Gasteiger partial charge in [-0.25, -0.2) is 0 Å². The molecule has 3 aromatic rings. The number of aromatic nitrogens is 3. The minimum atomic E-state index is -0.516. The van der Waals surface area contributed by atoms with Crippen LogP contribution in [0.1, 0.15) is 12.6 Å². The molecule has 0 atom stereocenters. The molecule has 0 aliphatic carbocycles. The van der Waals surface area contributed by atoms with Gasteiger partial charge >= 0.3 is 0 Å². The maximum Gasteiger partial charge on any atom is 0.248 e. The second-order valence-corrected chi connectivity index (χ2v) is 7.05. The summed E-state index contributed by atoms with van der Waals surface area (Å²) in [6.07, 6.45) is 3.52. The zero-order valence-corrected chi connectivity index (χ0v) is 16.1. The third kappa shape index (κ3) is 2.86. The van der Waals surface area contributed by atoms with E-state index < -0.39 is 6.61 Å². The molecule has 1 amide bonds. The first-order chi connectivity index (χ1) is 13.1. The van der Waals surface area contributed by atoms with Crippen molar-refractivity contribution in [3.05, 3.63) is 34.2 Å². The first kappa shape index (κ1) is 18.2. The SMILES string of the molecule is CCOc1cc(Cl)c(Cl)c2c1c(-c1cn[nH]c1)c1n2CCN(C(=O)CO)C1. The van der Waals surface area contributed by atoms with E-state index in [1.807, 2.05) is 6.92 Å². The highest BCUT2D eigenvalue weighted by Gasteiger charge is 2.30. The van der Waals surface area contributed by atoms with Gasteiger partial charge in [0.05, 0.1) is 40.3 Å². The maximum absolute atomic E-state index is 12.1. The smallest absolute Gasteiger partial charge is 0.248 e. The summed E-state index contributed by atoms with van der Waals surface area (Å²) in [5, 5.41) is 17.9. The van der Waals surface area contributed by atoms with Crippen LogP contribution < -0.4 is 4.74 Å². The Kier molecular flexibility index (Phi) is 4.75. The number of aromatic amines is 1. The summed E-state index contributed by atoms with van der Waals surface area (Å²) in [6, 6.07) is 1.72. The van der Waals surface area contributed by atoms with Crippen LogP contribution in [-0.2, 0) is 17.9 Å². The number of benzene rings is 1. The van der Waals surface area contributed by atoms with Gasteiger partial charge in [0.15, 0.2) is 0 Å². The number of carbonyl (C=O) groups is 1. The van der Waals surface area contributed by atoms with E-state index in [0.717, 1.165) is 27.7 Å². The van der Waals surface area contributed by atoms with E-state index in [1.54, 1.807) is 23.4 Å². The number of hydrogen-bond donors (Lipinski definition) is 2. The predicted molar refractivity (Wildman–Crippen MR) is 103 cm³/mol.